The summed E-state index contributed by atoms with van der Waals surface area (Å²) in [4.78, 5) is 23.2. The van der Waals surface area contributed by atoms with Crippen LogP contribution in [0, 0.1) is 16.7 Å². The van der Waals surface area contributed by atoms with Crippen molar-refractivity contribution >= 4 is 23.6 Å². The Hall–Kier alpha value is -0.710. The van der Waals surface area contributed by atoms with Crippen molar-refractivity contribution < 1.29 is 14.7 Å². The molecule has 0 saturated heterocycles. The molecule has 0 aromatic rings. The number of nitrogens with one attached hydrogen (secondary N) is 1. The number of hydrogen-bond acceptors (Lipinski definition) is 3. The Bertz CT molecular complexity index is 338. The maximum absolute atomic E-state index is 12.1. The zero-order valence-electron chi connectivity index (χ0n) is 11.7. The summed E-state index contributed by atoms with van der Waals surface area (Å²) in [5, 5.41) is 11.8. The summed E-state index contributed by atoms with van der Waals surface area (Å²) in [5.74, 6) is -0.442. The molecule has 1 amide bonds. The Morgan fingerprint density at radius 3 is 2.11 bits per heavy atom. The highest BCUT2D eigenvalue weighted by Gasteiger charge is 2.68. The minimum absolute atomic E-state index is 0.0559. The third-order valence-electron chi connectivity index (χ3n) is 4.51. The zero-order chi connectivity index (χ0) is 14.1. The highest BCUT2D eigenvalue weighted by Crippen LogP contribution is 2.68. The lowest BCUT2D eigenvalue weighted by Gasteiger charge is -2.14. The SMILES string of the molecule is CSCC[C@@H](NC(=O)C1C(C)(C)C1(C)C)C(=O)O. The van der Waals surface area contributed by atoms with Gasteiger partial charge >= 0.3 is 5.97 Å². The molecule has 0 spiro atoms. The molecular weight excluding hydrogens is 250 g/mol. The van der Waals surface area contributed by atoms with Crippen LogP contribution >= 0.6 is 11.8 Å². The Labute approximate surface area is 113 Å². The molecule has 1 aliphatic rings. The van der Waals surface area contributed by atoms with E-state index in [0.717, 1.165) is 5.75 Å². The van der Waals surface area contributed by atoms with E-state index in [0.29, 0.717) is 6.42 Å². The summed E-state index contributed by atoms with van der Waals surface area (Å²) in [6.45, 7) is 8.20. The monoisotopic (exact) mass is 273 g/mol. The van der Waals surface area contributed by atoms with E-state index in [-0.39, 0.29) is 22.7 Å². The van der Waals surface area contributed by atoms with Crippen LogP contribution in [0.1, 0.15) is 34.1 Å². The van der Waals surface area contributed by atoms with Gasteiger partial charge in [-0.1, -0.05) is 27.7 Å². The van der Waals surface area contributed by atoms with E-state index in [4.69, 9.17) is 5.11 Å². The van der Waals surface area contributed by atoms with Crippen LogP contribution in [-0.2, 0) is 9.59 Å². The number of carboxylic acids is 1. The zero-order valence-corrected chi connectivity index (χ0v) is 12.6. The average Bonchev–Trinajstić information content (AvgIpc) is 2.63. The number of aliphatic carboxylic acids is 1. The normalized spacial score (nSPS) is 22.3. The van der Waals surface area contributed by atoms with Crippen molar-refractivity contribution in [1.29, 1.82) is 0 Å². The lowest BCUT2D eigenvalue weighted by molar-refractivity contribution is -0.142. The third-order valence-corrected chi connectivity index (χ3v) is 5.15. The Morgan fingerprint density at radius 2 is 1.78 bits per heavy atom. The van der Waals surface area contributed by atoms with Gasteiger partial charge in [-0.05, 0) is 29.3 Å². The fourth-order valence-corrected chi connectivity index (χ4v) is 3.07. The van der Waals surface area contributed by atoms with E-state index >= 15 is 0 Å². The lowest BCUT2D eigenvalue weighted by Crippen LogP contribution is -2.42. The number of carbonyl (C=O) groups excluding carboxylic acids is 1. The summed E-state index contributed by atoms with van der Waals surface area (Å²) in [5.41, 5.74) is -0.112. The molecule has 2 N–H and O–H groups in total. The molecule has 4 nitrogen and oxygen atoms in total. The maximum Gasteiger partial charge on any atom is 0.326 e. The van der Waals surface area contributed by atoms with E-state index < -0.39 is 12.0 Å². The van der Waals surface area contributed by atoms with Crippen LogP contribution in [-0.4, -0.2) is 35.0 Å². The van der Waals surface area contributed by atoms with Crippen LogP contribution in [0.25, 0.3) is 0 Å². The van der Waals surface area contributed by atoms with Gasteiger partial charge in [0.15, 0.2) is 0 Å². The molecule has 1 fully saturated rings. The first kappa shape index (κ1) is 15.3. The van der Waals surface area contributed by atoms with Crippen molar-refractivity contribution in [2.24, 2.45) is 16.7 Å². The average molecular weight is 273 g/mol. The summed E-state index contributed by atoms with van der Waals surface area (Å²) >= 11 is 1.58. The molecule has 0 heterocycles. The van der Waals surface area contributed by atoms with Gasteiger partial charge in [-0.15, -0.1) is 0 Å². The molecule has 104 valence electrons. The van der Waals surface area contributed by atoms with E-state index in [1.165, 1.54) is 0 Å². The van der Waals surface area contributed by atoms with E-state index in [9.17, 15) is 9.59 Å². The van der Waals surface area contributed by atoms with Crippen molar-refractivity contribution in [3.05, 3.63) is 0 Å². The highest BCUT2D eigenvalue weighted by molar-refractivity contribution is 7.98. The first-order valence-electron chi connectivity index (χ1n) is 6.18. The van der Waals surface area contributed by atoms with Gasteiger partial charge in [-0.2, -0.15) is 11.8 Å². The van der Waals surface area contributed by atoms with Crippen LogP contribution in [0.2, 0.25) is 0 Å². The van der Waals surface area contributed by atoms with Crippen molar-refractivity contribution in [3.63, 3.8) is 0 Å². The predicted octanol–water partition coefficient (Wildman–Crippen LogP) is 1.99. The number of carbonyl (C=O) groups is 2. The van der Waals surface area contributed by atoms with Crippen LogP contribution in [0.15, 0.2) is 0 Å². The Balaban J connectivity index is 2.61. The van der Waals surface area contributed by atoms with Gasteiger partial charge in [0.05, 0.1) is 0 Å². The molecule has 1 rings (SSSR count). The molecule has 1 atom stereocenters. The second-order valence-electron chi connectivity index (χ2n) is 6.06. The number of rotatable bonds is 6. The van der Waals surface area contributed by atoms with Crippen LogP contribution in [0.5, 0.6) is 0 Å². The van der Waals surface area contributed by atoms with Crippen LogP contribution < -0.4 is 5.32 Å². The molecule has 0 unspecified atom stereocenters. The summed E-state index contributed by atoms with van der Waals surface area (Å²) in [6, 6.07) is -0.767. The van der Waals surface area contributed by atoms with Gasteiger partial charge < -0.3 is 10.4 Å². The lowest BCUT2D eigenvalue weighted by atomic mass is 10.0. The third kappa shape index (κ3) is 2.66. The summed E-state index contributed by atoms with van der Waals surface area (Å²) in [6.07, 6.45) is 2.39. The minimum Gasteiger partial charge on any atom is -0.480 e. The molecule has 5 heteroatoms. The van der Waals surface area contributed by atoms with Crippen LogP contribution in [0.3, 0.4) is 0 Å². The van der Waals surface area contributed by atoms with Crippen molar-refractivity contribution in [3.8, 4) is 0 Å². The fraction of sp³-hybridized carbons (Fsp3) is 0.846. The largest absolute Gasteiger partial charge is 0.480 e. The van der Waals surface area contributed by atoms with Crippen molar-refractivity contribution in [1.82, 2.24) is 5.32 Å². The molecule has 1 aliphatic carbocycles. The molecule has 0 aliphatic heterocycles. The molecule has 0 aromatic heterocycles. The number of carboxylic acid groups (broad SMARTS) is 1. The quantitative estimate of drug-likeness (QED) is 0.776. The van der Waals surface area contributed by atoms with E-state index in [1.807, 2.05) is 6.26 Å². The maximum atomic E-state index is 12.1. The van der Waals surface area contributed by atoms with Gasteiger partial charge in [0, 0.05) is 5.92 Å². The topological polar surface area (TPSA) is 66.4 Å². The Kier molecular flexibility index (Phi) is 4.36. The van der Waals surface area contributed by atoms with E-state index in [1.54, 1.807) is 11.8 Å². The number of thioether (sulfide) groups is 1. The smallest absolute Gasteiger partial charge is 0.326 e. The van der Waals surface area contributed by atoms with Crippen molar-refractivity contribution in [2.75, 3.05) is 12.0 Å². The van der Waals surface area contributed by atoms with Gasteiger partial charge in [-0.3, -0.25) is 4.79 Å². The fourth-order valence-electron chi connectivity index (χ4n) is 2.60. The summed E-state index contributed by atoms with van der Waals surface area (Å²) in [7, 11) is 0. The molecule has 0 radical (unpaired) electrons. The van der Waals surface area contributed by atoms with E-state index in [2.05, 4.69) is 33.0 Å². The standard InChI is InChI=1S/C13H23NO3S/c1-12(2)9(13(12,3)4)10(15)14-8(11(16)17)6-7-18-5/h8-9H,6-7H2,1-5H3,(H,14,15)(H,16,17)/t8-/m1/s1. The van der Waals surface area contributed by atoms with Gasteiger partial charge in [0.1, 0.15) is 6.04 Å². The molecule has 1 saturated carbocycles. The molecule has 0 bridgehead atoms. The molecule has 0 aromatic carbocycles. The second-order valence-corrected chi connectivity index (χ2v) is 7.04. The highest BCUT2D eigenvalue weighted by atomic mass is 32.2. The number of amides is 1. The molecule has 18 heavy (non-hydrogen) atoms. The van der Waals surface area contributed by atoms with Crippen molar-refractivity contribution in [2.45, 2.75) is 40.2 Å². The number of hydrogen-bond donors (Lipinski definition) is 2. The second kappa shape index (κ2) is 5.11. The predicted molar refractivity (Wildman–Crippen MR) is 73.6 cm³/mol. The molecular formula is C13H23NO3S. The first-order chi connectivity index (χ1) is 8.16. The van der Waals surface area contributed by atoms with Crippen LogP contribution in [0.4, 0.5) is 0 Å². The summed E-state index contributed by atoms with van der Waals surface area (Å²) < 4.78 is 0. The van der Waals surface area contributed by atoms with Gasteiger partial charge in [0.25, 0.3) is 0 Å². The van der Waals surface area contributed by atoms with Gasteiger partial charge in [0.2, 0.25) is 5.91 Å². The first-order valence-corrected chi connectivity index (χ1v) is 7.57. The van der Waals surface area contributed by atoms with Gasteiger partial charge in [-0.25, -0.2) is 4.79 Å². The Morgan fingerprint density at radius 1 is 1.28 bits per heavy atom. The minimum atomic E-state index is -0.950.